The summed E-state index contributed by atoms with van der Waals surface area (Å²) in [5.41, 5.74) is 10.4. The van der Waals surface area contributed by atoms with E-state index in [0.717, 1.165) is 22.5 Å². The standard InChI is InChI=1S/C22H23N3O/c1-17-12-13-19(23)14-21(17)24-22(26)16-25(20-10-6-3-7-11-20)15-18-8-4-2-5-9-18/h2-14H,15-16,23H2,1H3,(H,24,26). The number of aryl methyl sites for hydroxylation is 1. The first kappa shape index (κ1) is 17.5. The molecule has 0 heterocycles. The van der Waals surface area contributed by atoms with Crippen LogP contribution >= 0.6 is 0 Å². The number of carbonyl (C=O) groups is 1. The molecule has 132 valence electrons. The molecule has 4 nitrogen and oxygen atoms in total. The first-order valence-corrected chi connectivity index (χ1v) is 8.62. The molecule has 0 unspecified atom stereocenters. The number of para-hydroxylation sites is 1. The summed E-state index contributed by atoms with van der Waals surface area (Å²) in [4.78, 5) is 14.7. The molecule has 0 aliphatic heterocycles. The molecule has 3 aromatic rings. The van der Waals surface area contributed by atoms with Crippen molar-refractivity contribution in [1.82, 2.24) is 0 Å². The lowest BCUT2D eigenvalue weighted by Gasteiger charge is -2.24. The van der Waals surface area contributed by atoms with Gasteiger partial charge in [-0.1, -0.05) is 54.6 Å². The minimum Gasteiger partial charge on any atom is -0.399 e. The molecule has 3 aromatic carbocycles. The second-order valence-electron chi connectivity index (χ2n) is 6.30. The Bertz CT molecular complexity index is 863. The summed E-state index contributed by atoms with van der Waals surface area (Å²) in [6.07, 6.45) is 0. The maximum atomic E-state index is 12.7. The number of hydrogen-bond donors (Lipinski definition) is 2. The second kappa shape index (κ2) is 8.21. The maximum absolute atomic E-state index is 12.7. The quantitative estimate of drug-likeness (QED) is 0.658. The zero-order valence-corrected chi connectivity index (χ0v) is 14.9. The highest BCUT2D eigenvalue weighted by Gasteiger charge is 2.13. The molecule has 3 rings (SSSR count). The molecule has 1 amide bonds. The van der Waals surface area contributed by atoms with E-state index in [1.165, 1.54) is 0 Å². The molecule has 3 N–H and O–H groups in total. The molecule has 4 heteroatoms. The number of hydrogen-bond acceptors (Lipinski definition) is 3. The lowest BCUT2D eigenvalue weighted by Crippen LogP contribution is -2.33. The van der Waals surface area contributed by atoms with Gasteiger partial charge in [0.25, 0.3) is 0 Å². The van der Waals surface area contributed by atoms with Crippen LogP contribution in [0.3, 0.4) is 0 Å². The Hall–Kier alpha value is -3.27. The number of nitrogen functional groups attached to an aromatic ring is 1. The lowest BCUT2D eigenvalue weighted by molar-refractivity contribution is -0.115. The van der Waals surface area contributed by atoms with Gasteiger partial charge in [-0.3, -0.25) is 4.79 Å². The van der Waals surface area contributed by atoms with Gasteiger partial charge in [0.2, 0.25) is 5.91 Å². The smallest absolute Gasteiger partial charge is 0.243 e. The van der Waals surface area contributed by atoms with Crippen LogP contribution in [0.4, 0.5) is 17.1 Å². The summed E-state index contributed by atoms with van der Waals surface area (Å²) >= 11 is 0. The molecule has 0 saturated carbocycles. The van der Waals surface area contributed by atoms with Crippen molar-refractivity contribution < 1.29 is 4.79 Å². The highest BCUT2D eigenvalue weighted by Crippen LogP contribution is 2.20. The van der Waals surface area contributed by atoms with E-state index in [4.69, 9.17) is 5.73 Å². The van der Waals surface area contributed by atoms with E-state index in [2.05, 4.69) is 22.3 Å². The fourth-order valence-corrected chi connectivity index (χ4v) is 2.82. The van der Waals surface area contributed by atoms with Crippen LogP contribution in [0.15, 0.2) is 78.9 Å². The number of nitrogens with two attached hydrogens (primary N) is 1. The van der Waals surface area contributed by atoms with E-state index in [9.17, 15) is 4.79 Å². The Labute approximate surface area is 154 Å². The van der Waals surface area contributed by atoms with Crippen LogP contribution in [0.1, 0.15) is 11.1 Å². The van der Waals surface area contributed by atoms with Crippen LogP contribution in [-0.2, 0) is 11.3 Å². The molecular formula is C22H23N3O. The van der Waals surface area contributed by atoms with E-state index in [-0.39, 0.29) is 12.5 Å². The molecule has 0 fully saturated rings. The Morgan fingerprint density at radius 1 is 0.962 bits per heavy atom. The van der Waals surface area contributed by atoms with Crippen molar-refractivity contribution in [3.05, 3.63) is 90.0 Å². The van der Waals surface area contributed by atoms with Crippen LogP contribution in [-0.4, -0.2) is 12.5 Å². The first-order chi connectivity index (χ1) is 12.6. The van der Waals surface area contributed by atoms with E-state index < -0.39 is 0 Å². The van der Waals surface area contributed by atoms with Gasteiger partial charge in [-0.25, -0.2) is 0 Å². The minimum absolute atomic E-state index is 0.0708. The predicted molar refractivity (Wildman–Crippen MR) is 108 cm³/mol. The van der Waals surface area contributed by atoms with E-state index in [1.54, 1.807) is 6.07 Å². The van der Waals surface area contributed by atoms with Crippen molar-refractivity contribution in [2.45, 2.75) is 13.5 Å². The molecular weight excluding hydrogens is 322 g/mol. The van der Waals surface area contributed by atoms with E-state index in [0.29, 0.717) is 12.2 Å². The fourth-order valence-electron chi connectivity index (χ4n) is 2.82. The number of rotatable bonds is 6. The molecule has 0 spiro atoms. The van der Waals surface area contributed by atoms with Crippen LogP contribution in [0.25, 0.3) is 0 Å². The van der Waals surface area contributed by atoms with Crippen molar-refractivity contribution in [2.75, 3.05) is 22.5 Å². The van der Waals surface area contributed by atoms with Gasteiger partial charge in [-0.2, -0.15) is 0 Å². The molecule has 26 heavy (non-hydrogen) atoms. The number of nitrogens with one attached hydrogen (secondary N) is 1. The highest BCUT2D eigenvalue weighted by atomic mass is 16.2. The normalized spacial score (nSPS) is 10.3. The topological polar surface area (TPSA) is 58.4 Å². The molecule has 0 radical (unpaired) electrons. The van der Waals surface area contributed by atoms with Crippen LogP contribution < -0.4 is 16.0 Å². The Morgan fingerprint density at radius 2 is 1.62 bits per heavy atom. The summed E-state index contributed by atoms with van der Waals surface area (Å²) < 4.78 is 0. The third-order valence-corrected chi connectivity index (χ3v) is 4.21. The number of anilines is 3. The van der Waals surface area contributed by atoms with Gasteiger partial charge in [0, 0.05) is 23.6 Å². The zero-order valence-electron chi connectivity index (χ0n) is 14.9. The number of carbonyl (C=O) groups excluding carboxylic acids is 1. The monoisotopic (exact) mass is 345 g/mol. The molecule has 0 aromatic heterocycles. The Kier molecular flexibility index (Phi) is 5.54. The molecule has 0 atom stereocenters. The molecule has 0 saturated heterocycles. The minimum atomic E-state index is -0.0708. The van der Waals surface area contributed by atoms with Gasteiger partial charge in [0.05, 0.1) is 6.54 Å². The fraction of sp³-hybridized carbons (Fsp3) is 0.136. The summed E-state index contributed by atoms with van der Waals surface area (Å²) in [5.74, 6) is -0.0708. The van der Waals surface area contributed by atoms with Gasteiger partial charge in [0.15, 0.2) is 0 Å². The summed E-state index contributed by atoms with van der Waals surface area (Å²) in [6.45, 7) is 2.87. The molecule has 0 bridgehead atoms. The van der Waals surface area contributed by atoms with Gasteiger partial charge in [-0.05, 0) is 42.3 Å². The summed E-state index contributed by atoms with van der Waals surface area (Å²) in [7, 11) is 0. The summed E-state index contributed by atoms with van der Waals surface area (Å²) in [5, 5.41) is 2.98. The van der Waals surface area contributed by atoms with Crippen LogP contribution in [0, 0.1) is 6.92 Å². The summed E-state index contributed by atoms with van der Waals surface area (Å²) in [6, 6.07) is 25.6. The number of nitrogens with zero attached hydrogens (tertiary/aromatic N) is 1. The zero-order chi connectivity index (χ0) is 18.4. The SMILES string of the molecule is Cc1ccc(N)cc1NC(=O)CN(Cc1ccccc1)c1ccccc1. The maximum Gasteiger partial charge on any atom is 0.243 e. The third-order valence-electron chi connectivity index (χ3n) is 4.21. The van der Waals surface area contributed by atoms with E-state index in [1.807, 2.05) is 67.6 Å². The lowest BCUT2D eigenvalue weighted by atomic mass is 10.1. The first-order valence-electron chi connectivity index (χ1n) is 8.62. The largest absolute Gasteiger partial charge is 0.399 e. The van der Waals surface area contributed by atoms with E-state index >= 15 is 0 Å². The van der Waals surface area contributed by atoms with Gasteiger partial charge >= 0.3 is 0 Å². The molecule has 0 aliphatic rings. The number of benzene rings is 3. The predicted octanol–water partition coefficient (Wildman–Crippen LogP) is 4.22. The van der Waals surface area contributed by atoms with Crippen molar-refractivity contribution in [3.63, 3.8) is 0 Å². The van der Waals surface area contributed by atoms with Gasteiger partial charge in [0.1, 0.15) is 0 Å². The Morgan fingerprint density at radius 3 is 2.31 bits per heavy atom. The third kappa shape index (κ3) is 4.63. The van der Waals surface area contributed by atoms with Crippen molar-refractivity contribution >= 4 is 23.0 Å². The molecule has 0 aliphatic carbocycles. The van der Waals surface area contributed by atoms with Crippen molar-refractivity contribution in [1.29, 1.82) is 0 Å². The van der Waals surface area contributed by atoms with Crippen LogP contribution in [0.5, 0.6) is 0 Å². The van der Waals surface area contributed by atoms with Gasteiger partial charge in [-0.15, -0.1) is 0 Å². The average molecular weight is 345 g/mol. The van der Waals surface area contributed by atoms with Crippen molar-refractivity contribution in [3.8, 4) is 0 Å². The van der Waals surface area contributed by atoms with Gasteiger partial charge < -0.3 is 16.0 Å². The highest BCUT2D eigenvalue weighted by molar-refractivity contribution is 5.95. The number of amides is 1. The second-order valence-corrected chi connectivity index (χ2v) is 6.30. The van der Waals surface area contributed by atoms with Crippen molar-refractivity contribution in [2.24, 2.45) is 0 Å². The Balaban J connectivity index is 1.76. The average Bonchev–Trinajstić information content (AvgIpc) is 2.66. The van der Waals surface area contributed by atoms with Crippen LogP contribution in [0.2, 0.25) is 0 Å².